The van der Waals surface area contributed by atoms with Gasteiger partial charge in [0.1, 0.15) is 0 Å². The number of piperidine rings is 1. The molecule has 138 valence electrons. The molecule has 2 saturated heterocycles. The molecule has 0 aliphatic carbocycles. The molecule has 1 aromatic rings. The van der Waals surface area contributed by atoms with E-state index in [2.05, 4.69) is 10.2 Å². The number of hydrogen-bond donors (Lipinski definition) is 3. The summed E-state index contributed by atoms with van der Waals surface area (Å²) < 4.78 is 10.8. The van der Waals surface area contributed by atoms with Gasteiger partial charge in [0, 0.05) is 42.6 Å². The van der Waals surface area contributed by atoms with Gasteiger partial charge in [-0.15, -0.1) is 0 Å². The lowest BCUT2D eigenvalue weighted by Gasteiger charge is -2.41. The molecule has 6 nitrogen and oxygen atoms in total. The number of likely N-dealkylation sites (tertiary alicyclic amines) is 1. The number of rotatable bonds is 4. The monoisotopic (exact) mass is 346 g/mol. The molecule has 0 amide bonds. The molecule has 0 saturated carbocycles. The van der Waals surface area contributed by atoms with Crippen molar-refractivity contribution in [2.45, 2.75) is 26.2 Å². The third-order valence-corrected chi connectivity index (χ3v) is 5.66. The Labute approximate surface area is 150 Å². The van der Waals surface area contributed by atoms with Gasteiger partial charge in [0.25, 0.3) is 0 Å². The lowest BCUT2D eigenvalue weighted by molar-refractivity contribution is 0.161. The summed E-state index contributed by atoms with van der Waals surface area (Å²) in [4.78, 5) is 2.37. The molecular weight excluding hydrogens is 316 g/mol. The highest BCUT2D eigenvalue weighted by molar-refractivity contribution is 5.78. The lowest BCUT2D eigenvalue weighted by Crippen LogP contribution is -2.41. The van der Waals surface area contributed by atoms with Crippen LogP contribution in [0.15, 0.2) is 17.8 Å². The minimum absolute atomic E-state index is 0.466. The Morgan fingerprint density at radius 3 is 2.28 bits per heavy atom. The van der Waals surface area contributed by atoms with E-state index >= 15 is 0 Å². The van der Waals surface area contributed by atoms with Crippen molar-refractivity contribution in [1.29, 1.82) is 0 Å². The van der Waals surface area contributed by atoms with Crippen LogP contribution in [0.25, 0.3) is 5.70 Å². The molecule has 1 spiro atoms. The van der Waals surface area contributed by atoms with E-state index in [0.29, 0.717) is 22.6 Å². The zero-order valence-electron chi connectivity index (χ0n) is 15.5. The second kappa shape index (κ2) is 7.04. The quantitative estimate of drug-likeness (QED) is 0.723. The minimum atomic E-state index is 0.466. The number of hydrogen-bond acceptors (Lipinski definition) is 6. The molecule has 6 heteroatoms. The highest BCUT2D eigenvalue weighted by Crippen LogP contribution is 2.41. The van der Waals surface area contributed by atoms with Crippen molar-refractivity contribution in [3.63, 3.8) is 0 Å². The van der Waals surface area contributed by atoms with Crippen molar-refractivity contribution in [3.8, 4) is 11.5 Å². The van der Waals surface area contributed by atoms with Gasteiger partial charge in [-0.1, -0.05) is 0 Å². The summed E-state index contributed by atoms with van der Waals surface area (Å²) in [7, 11) is 3.25. The number of nitrogens with two attached hydrogens (primary N) is 2. The van der Waals surface area contributed by atoms with Crippen LogP contribution in [-0.4, -0.2) is 45.3 Å². The molecule has 25 heavy (non-hydrogen) atoms. The summed E-state index contributed by atoms with van der Waals surface area (Å²) in [5.41, 5.74) is 16.4. The van der Waals surface area contributed by atoms with E-state index in [1.165, 1.54) is 19.3 Å². The summed E-state index contributed by atoms with van der Waals surface area (Å²) in [6, 6.07) is 3.74. The summed E-state index contributed by atoms with van der Waals surface area (Å²) in [5.74, 6) is 1.30. The van der Waals surface area contributed by atoms with Gasteiger partial charge >= 0.3 is 0 Å². The first-order valence-electron chi connectivity index (χ1n) is 8.93. The Balaban J connectivity index is 1.89. The fourth-order valence-electron chi connectivity index (χ4n) is 4.16. The van der Waals surface area contributed by atoms with Gasteiger partial charge < -0.3 is 31.2 Å². The summed E-state index contributed by atoms with van der Waals surface area (Å²) in [6.45, 7) is 6.22. The molecule has 2 aliphatic heterocycles. The van der Waals surface area contributed by atoms with Crippen LogP contribution >= 0.6 is 0 Å². The maximum Gasteiger partial charge on any atom is 0.162 e. The Hall–Kier alpha value is -2.08. The maximum absolute atomic E-state index is 6.32. The zero-order chi connectivity index (χ0) is 18.0. The number of anilines is 1. The molecule has 1 aromatic carbocycles. The summed E-state index contributed by atoms with van der Waals surface area (Å²) in [6.07, 6.45) is 3.65. The second-order valence-corrected chi connectivity index (χ2v) is 7.24. The Bertz CT molecular complexity index is 652. The Morgan fingerprint density at radius 2 is 1.76 bits per heavy atom. The largest absolute Gasteiger partial charge is 0.493 e. The number of ether oxygens (including phenoxy) is 2. The fraction of sp³-hybridized carbons (Fsp3) is 0.579. The molecule has 2 aliphatic rings. The van der Waals surface area contributed by atoms with Crippen molar-refractivity contribution >= 4 is 11.4 Å². The highest BCUT2D eigenvalue weighted by Gasteiger charge is 2.38. The number of nitrogens with zero attached hydrogens (tertiary/aromatic N) is 1. The topological polar surface area (TPSA) is 85.8 Å². The molecule has 0 radical (unpaired) electrons. The van der Waals surface area contributed by atoms with Crippen LogP contribution in [0.1, 0.15) is 31.7 Å². The van der Waals surface area contributed by atoms with Crippen molar-refractivity contribution in [1.82, 2.24) is 10.2 Å². The minimum Gasteiger partial charge on any atom is -0.493 e. The third kappa shape index (κ3) is 3.35. The second-order valence-electron chi connectivity index (χ2n) is 7.24. The van der Waals surface area contributed by atoms with Gasteiger partial charge in [-0.25, -0.2) is 0 Å². The van der Waals surface area contributed by atoms with Gasteiger partial charge in [0.05, 0.1) is 19.9 Å². The lowest BCUT2D eigenvalue weighted by atomic mass is 9.77. The van der Waals surface area contributed by atoms with E-state index in [9.17, 15) is 0 Å². The highest BCUT2D eigenvalue weighted by atomic mass is 16.5. The van der Waals surface area contributed by atoms with Crippen LogP contribution < -0.4 is 26.3 Å². The molecule has 0 atom stereocenters. The molecule has 0 bridgehead atoms. The van der Waals surface area contributed by atoms with E-state index < -0.39 is 0 Å². The Kier molecular flexibility index (Phi) is 4.99. The normalized spacial score (nSPS) is 20.5. The van der Waals surface area contributed by atoms with Gasteiger partial charge in [-0.05, 0) is 44.2 Å². The first kappa shape index (κ1) is 17.7. The van der Waals surface area contributed by atoms with E-state index in [4.69, 9.17) is 20.9 Å². The molecule has 2 fully saturated rings. The standard InChI is InChI=1S/C19H30N4O2/c1-13(20)18(14-10-16(24-2)17(25-3)11-15(14)21)23-8-5-19(6-9-23)4-7-22-12-19/h10-11,22H,4-9,12,20-21H2,1-3H3/b18-13+. The third-order valence-electron chi connectivity index (χ3n) is 5.66. The molecule has 5 N–H and O–H groups in total. The average molecular weight is 346 g/mol. The number of allylic oxidation sites excluding steroid dienone is 1. The van der Waals surface area contributed by atoms with Crippen LogP contribution in [-0.2, 0) is 0 Å². The van der Waals surface area contributed by atoms with Crippen LogP contribution in [0.5, 0.6) is 11.5 Å². The molecular formula is C19H30N4O2. The van der Waals surface area contributed by atoms with Crippen LogP contribution in [0.4, 0.5) is 5.69 Å². The van der Waals surface area contributed by atoms with Crippen LogP contribution in [0.2, 0.25) is 0 Å². The van der Waals surface area contributed by atoms with E-state index in [0.717, 1.165) is 43.1 Å². The smallest absolute Gasteiger partial charge is 0.162 e. The van der Waals surface area contributed by atoms with Gasteiger partial charge in [0.2, 0.25) is 0 Å². The maximum atomic E-state index is 6.32. The van der Waals surface area contributed by atoms with Crippen LogP contribution in [0, 0.1) is 5.41 Å². The first-order chi connectivity index (χ1) is 12.0. The molecule has 2 heterocycles. The fourth-order valence-corrected chi connectivity index (χ4v) is 4.16. The van der Waals surface area contributed by atoms with Crippen molar-refractivity contribution in [3.05, 3.63) is 23.4 Å². The number of nitrogen functional groups attached to an aromatic ring is 1. The van der Waals surface area contributed by atoms with Crippen LogP contribution in [0.3, 0.4) is 0 Å². The predicted octanol–water partition coefficient (Wildman–Crippen LogP) is 2.01. The molecule has 3 rings (SSSR count). The van der Waals surface area contributed by atoms with Crippen molar-refractivity contribution in [2.75, 3.05) is 46.1 Å². The zero-order valence-corrected chi connectivity index (χ0v) is 15.5. The van der Waals surface area contributed by atoms with Gasteiger partial charge in [-0.3, -0.25) is 0 Å². The van der Waals surface area contributed by atoms with Crippen molar-refractivity contribution in [2.24, 2.45) is 11.1 Å². The number of methoxy groups -OCH3 is 2. The summed E-state index contributed by atoms with van der Waals surface area (Å²) in [5, 5.41) is 3.51. The average Bonchev–Trinajstić information content (AvgIpc) is 3.06. The van der Waals surface area contributed by atoms with Gasteiger partial charge in [0.15, 0.2) is 11.5 Å². The first-order valence-corrected chi connectivity index (χ1v) is 8.93. The summed E-state index contributed by atoms with van der Waals surface area (Å²) >= 11 is 0. The number of benzene rings is 1. The van der Waals surface area contributed by atoms with Crippen molar-refractivity contribution < 1.29 is 9.47 Å². The molecule has 0 aromatic heterocycles. The van der Waals surface area contributed by atoms with E-state index in [1.807, 2.05) is 19.1 Å². The molecule has 0 unspecified atom stereocenters. The SMILES string of the molecule is COc1cc(N)c(/C(=C(/C)N)N2CCC3(CCNC3)CC2)cc1OC. The van der Waals surface area contributed by atoms with E-state index in [1.54, 1.807) is 14.2 Å². The van der Waals surface area contributed by atoms with Gasteiger partial charge in [-0.2, -0.15) is 0 Å². The van der Waals surface area contributed by atoms with E-state index in [-0.39, 0.29) is 0 Å². The Morgan fingerprint density at radius 1 is 1.12 bits per heavy atom. The predicted molar refractivity (Wildman–Crippen MR) is 101 cm³/mol. The number of nitrogens with one attached hydrogen (secondary N) is 1.